The number of nitrogens with zero attached hydrogens (tertiary/aromatic N) is 1. The lowest BCUT2D eigenvalue weighted by atomic mass is 10.0. The molecule has 1 heterocycles. The summed E-state index contributed by atoms with van der Waals surface area (Å²) in [5.41, 5.74) is 0. The summed E-state index contributed by atoms with van der Waals surface area (Å²) in [7, 11) is 2.98. The van der Waals surface area contributed by atoms with Crippen LogP contribution in [0.25, 0.3) is 0 Å². The maximum Gasteiger partial charge on any atom is 0.321 e. The van der Waals surface area contributed by atoms with Crippen LogP contribution in [0.3, 0.4) is 0 Å². The van der Waals surface area contributed by atoms with E-state index in [1.165, 1.54) is 14.2 Å². The second-order valence-corrected chi connectivity index (χ2v) is 2.66. The van der Waals surface area contributed by atoms with Gasteiger partial charge in [-0.15, -0.1) is 0 Å². The van der Waals surface area contributed by atoms with Crippen molar-refractivity contribution in [1.82, 2.24) is 4.90 Å². The van der Waals surface area contributed by atoms with Crippen LogP contribution in [-0.4, -0.2) is 49.2 Å². The van der Waals surface area contributed by atoms with Crippen LogP contribution in [0, 0.1) is 0 Å². The first-order valence-electron chi connectivity index (χ1n) is 3.75. The minimum Gasteiger partial charge on any atom is -0.480 e. The molecule has 0 amide bonds. The van der Waals surface area contributed by atoms with Gasteiger partial charge in [0.25, 0.3) is 0 Å². The van der Waals surface area contributed by atoms with Crippen LogP contribution in [0.15, 0.2) is 0 Å². The molecule has 1 N–H and O–H groups in total. The van der Waals surface area contributed by atoms with Crippen LogP contribution in [-0.2, 0) is 14.3 Å². The zero-order valence-corrected chi connectivity index (χ0v) is 7.19. The highest BCUT2D eigenvalue weighted by atomic mass is 16.7. The SMILES string of the molecule is COC(OC)N1CCC1C(=O)O. The van der Waals surface area contributed by atoms with Gasteiger partial charge in [-0.25, -0.2) is 4.90 Å². The molecular formula is C7H13NO4. The molecule has 5 nitrogen and oxygen atoms in total. The smallest absolute Gasteiger partial charge is 0.321 e. The fourth-order valence-electron chi connectivity index (χ4n) is 1.29. The fraction of sp³-hybridized carbons (Fsp3) is 0.857. The van der Waals surface area contributed by atoms with Crippen molar-refractivity contribution in [3.8, 4) is 0 Å². The van der Waals surface area contributed by atoms with E-state index in [-0.39, 0.29) is 0 Å². The number of carbonyl (C=O) groups is 1. The lowest BCUT2D eigenvalue weighted by Crippen LogP contribution is -2.58. The van der Waals surface area contributed by atoms with E-state index in [9.17, 15) is 4.79 Å². The maximum absolute atomic E-state index is 10.6. The van der Waals surface area contributed by atoms with Crippen molar-refractivity contribution < 1.29 is 19.4 Å². The third kappa shape index (κ3) is 1.57. The van der Waals surface area contributed by atoms with Crippen molar-refractivity contribution in [2.75, 3.05) is 20.8 Å². The van der Waals surface area contributed by atoms with Gasteiger partial charge < -0.3 is 14.6 Å². The Balaban J connectivity index is 2.46. The zero-order valence-electron chi connectivity index (χ0n) is 7.19. The summed E-state index contributed by atoms with van der Waals surface area (Å²) in [6.45, 7) is 0.712. The predicted molar refractivity (Wildman–Crippen MR) is 40.6 cm³/mol. The zero-order chi connectivity index (χ0) is 9.14. The van der Waals surface area contributed by atoms with Gasteiger partial charge in [0.05, 0.1) is 0 Å². The third-order valence-corrected chi connectivity index (χ3v) is 2.02. The van der Waals surface area contributed by atoms with Gasteiger partial charge in [0.1, 0.15) is 6.04 Å². The first-order chi connectivity index (χ1) is 5.70. The number of methoxy groups -OCH3 is 2. The van der Waals surface area contributed by atoms with Gasteiger partial charge in [0, 0.05) is 20.8 Å². The molecule has 0 saturated carbocycles. The second kappa shape index (κ2) is 3.84. The van der Waals surface area contributed by atoms with Crippen molar-refractivity contribution in [3.63, 3.8) is 0 Å². The lowest BCUT2D eigenvalue weighted by molar-refractivity contribution is -0.234. The largest absolute Gasteiger partial charge is 0.480 e. The number of carboxylic acid groups (broad SMARTS) is 1. The van der Waals surface area contributed by atoms with E-state index in [1.54, 1.807) is 4.90 Å². The highest BCUT2D eigenvalue weighted by molar-refractivity contribution is 5.74. The Bertz CT molecular complexity index is 169. The molecule has 0 bridgehead atoms. The summed E-state index contributed by atoms with van der Waals surface area (Å²) in [5, 5.41) is 8.69. The molecule has 0 aromatic rings. The molecule has 0 aromatic heterocycles. The van der Waals surface area contributed by atoms with Crippen molar-refractivity contribution >= 4 is 5.97 Å². The van der Waals surface area contributed by atoms with Gasteiger partial charge in [-0.2, -0.15) is 0 Å². The normalized spacial score (nSPS) is 24.1. The Labute approximate surface area is 70.9 Å². The molecule has 1 rings (SSSR count). The maximum atomic E-state index is 10.6. The molecule has 1 unspecified atom stereocenters. The predicted octanol–water partition coefficient (Wildman–Crippen LogP) is -0.278. The molecule has 0 spiro atoms. The molecule has 1 saturated heterocycles. The molecule has 1 atom stereocenters. The van der Waals surface area contributed by atoms with E-state index in [4.69, 9.17) is 14.6 Å². The van der Waals surface area contributed by atoms with Gasteiger partial charge >= 0.3 is 5.97 Å². The van der Waals surface area contributed by atoms with Crippen LogP contribution < -0.4 is 0 Å². The highest BCUT2D eigenvalue weighted by Gasteiger charge is 2.39. The number of aliphatic carboxylic acids is 1. The fourth-order valence-corrected chi connectivity index (χ4v) is 1.29. The van der Waals surface area contributed by atoms with Gasteiger partial charge in [0.15, 0.2) is 0 Å². The molecule has 0 aromatic carbocycles. The van der Waals surface area contributed by atoms with Crippen molar-refractivity contribution in [3.05, 3.63) is 0 Å². The Morgan fingerprint density at radius 1 is 1.58 bits per heavy atom. The third-order valence-electron chi connectivity index (χ3n) is 2.02. The molecule has 1 aliphatic heterocycles. The summed E-state index contributed by atoms with van der Waals surface area (Å²) in [6, 6.07) is -0.449. The van der Waals surface area contributed by atoms with Crippen LogP contribution in [0.2, 0.25) is 0 Å². The van der Waals surface area contributed by atoms with Gasteiger partial charge in [0.2, 0.25) is 6.41 Å². The topological polar surface area (TPSA) is 59.0 Å². The molecule has 70 valence electrons. The van der Waals surface area contributed by atoms with Crippen molar-refractivity contribution in [2.45, 2.75) is 18.9 Å². The quantitative estimate of drug-likeness (QED) is 0.595. The van der Waals surface area contributed by atoms with E-state index in [1.807, 2.05) is 0 Å². The van der Waals surface area contributed by atoms with Gasteiger partial charge in [-0.05, 0) is 6.42 Å². The number of carboxylic acids is 1. The van der Waals surface area contributed by atoms with E-state index < -0.39 is 18.4 Å². The van der Waals surface area contributed by atoms with E-state index in [0.717, 1.165) is 0 Å². The molecule has 0 aliphatic carbocycles. The standard InChI is InChI=1S/C7H13NO4/c1-11-7(12-2)8-4-3-5(8)6(9)10/h5,7H,3-4H2,1-2H3,(H,9,10). The Morgan fingerprint density at radius 2 is 2.17 bits per heavy atom. The number of hydrogen-bond acceptors (Lipinski definition) is 4. The van der Waals surface area contributed by atoms with Crippen LogP contribution >= 0.6 is 0 Å². The monoisotopic (exact) mass is 175 g/mol. The summed E-state index contributed by atoms with van der Waals surface area (Å²) in [6.07, 6.45) is 0.137. The van der Waals surface area contributed by atoms with Crippen LogP contribution in [0.1, 0.15) is 6.42 Å². The number of hydrogen-bond donors (Lipinski definition) is 1. The number of rotatable bonds is 4. The summed E-state index contributed by atoms with van der Waals surface area (Å²) in [4.78, 5) is 12.2. The summed E-state index contributed by atoms with van der Waals surface area (Å²) in [5.74, 6) is -0.819. The molecule has 5 heteroatoms. The molecule has 12 heavy (non-hydrogen) atoms. The van der Waals surface area contributed by atoms with E-state index >= 15 is 0 Å². The molecule has 0 radical (unpaired) electrons. The first kappa shape index (κ1) is 9.44. The summed E-state index contributed by atoms with van der Waals surface area (Å²) < 4.78 is 9.85. The Hall–Kier alpha value is -0.650. The van der Waals surface area contributed by atoms with Gasteiger partial charge in [-0.1, -0.05) is 0 Å². The van der Waals surface area contributed by atoms with E-state index in [0.29, 0.717) is 13.0 Å². The molecular weight excluding hydrogens is 162 g/mol. The lowest BCUT2D eigenvalue weighted by Gasteiger charge is -2.41. The Morgan fingerprint density at radius 3 is 2.42 bits per heavy atom. The van der Waals surface area contributed by atoms with Gasteiger partial charge in [-0.3, -0.25) is 4.79 Å². The number of ether oxygens (including phenoxy) is 2. The highest BCUT2D eigenvalue weighted by Crippen LogP contribution is 2.21. The molecule has 1 aliphatic rings. The minimum atomic E-state index is -0.819. The number of likely N-dealkylation sites (tertiary alicyclic amines) is 1. The van der Waals surface area contributed by atoms with Crippen LogP contribution in [0.4, 0.5) is 0 Å². The minimum absolute atomic E-state index is 0.449. The second-order valence-electron chi connectivity index (χ2n) is 2.66. The average Bonchev–Trinajstić information content (AvgIpc) is 1.96. The molecule has 1 fully saturated rings. The first-order valence-corrected chi connectivity index (χ1v) is 3.75. The summed E-state index contributed by atoms with van der Waals surface area (Å²) >= 11 is 0. The van der Waals surface area contributed by atoms with Crippen molar-refractivity contribution in [1.29, 1.82) is 0 Å². The van der Waals surface area contributed by atoms with Crippen LogP contribution in [0.5, 0.6) is 0 Å². The van der Waals surface area contributed by atoms with Crippen molar-refractivity contribution in [2.24, 2.45) is 0 Å². The average molecular weight is 175 g/mol. The van der Waals surface area contributed by atoms with E-state index in [2.05, 4.69) is 0 Å². The Kier molecular flexibility index (Phi) is 3.02.